The lowest BCUT2D eigenvalue weighted by Gasteiger charge is -2.30. The van der Waals surface area contributed by atoms with Crippen LogP contribution in [0.25, 0.3) is 0 Å². The van der Waals surface area contributed by atoms with Crippen LogP contribution in [0.2, 0.25) is 5.02 Å². The maximum atomic E-state index is 13.1. The average molecular weight is 431 g/mol. The number of hydrogen-bond donors (Lipinski definition) is 1. The number of hydrogen-bond acceptors (Lipinski definition) is 3. The van der Waals surface area contributed by atoms with Gasteiger partial charge in [0.15, 0.2) is 6.61 Å². The molecule has 0 aromatic heterocycles. The lowest BCUT2D eigenvalue weighted by molar-refractivity contribution is -0.142. The number of nitrogens with one attached hydrogen (secondary N) is 1. The number of amides is 2. The summed E-state index contributed by atoms with van der Waals surface area (Å²) in [5, 5.41) is 3.50. The van der Waals surface area contributed by atoms with E-state index in [1.54, 1.807) is 13.0 Å². The van der Waals surface area contributed by atoms with Crippen molar-refractivity contribution in [2.45, 2.75) is 59.7 Å². The van der Waals surface area contributed by atoms with Crippen molar-refractivity contribution in [3.05, 3.63) is 64.2 Å². The van der Waals surface area contributed by atoms with Crippen molar-refractivity contribution in [2.24, 2.45) is 0 Å². The zero-order valence-electron chi connectivity index (χ0n) is 18.4. The molecular formula is C24H31ClN2O3. The van der Waals surface area contributed by atoms with Crippen LogP contribution in [-0.4, -0.2) is 35.4 Å². The van der Waals surface area contributed by atoms with Gasteiger partial charge in [0.2, 0.25) is 5.91 Å². The monoisotopic (exact) mass is 430 g/mol. The number of halogens is 1. The fraction of sp³-hybridized carbons (Fsp3) is 0.417. The average Bonchev–Trinajstić information content (AvgIpc) is 2.71. The first-order chi connectivity index (χ1) is 14.2. The van der Waals surface area contributed by atoms with Crippen molar-refractivity contribution in [2.75, 3.05) is 6.61 Å². The molecule has 0 spiro atoms. The van der Waals surface area contributed by atoms with E-state index >= 15 is 0 Å². The van der Waals surface area contributed by atoms with Gasteiger partial charge in [0.25, 0.3) is 5.91 Å². The molecule has 0 aliphatic rings. The summed E-state index contributed by atoms with van der Waals surface area (Å²) in [6.45, 7) is 9.68. The van der Waals surface area contributed by atoms with E-state index in [-0.39, 0.29) is 31.0 Å². The second-order valence-electron chi connectivity index (χ2n) is 7.66. The number of carbonyl (C=O) groups excluding carboxylic acids is 2. The first-order valence-corrected chi connectivity index (χ1v) is 10.6. The highest BCUT2D eigenvalue weighted by atomic mass is 35.5. The van der Waals surface area contributed by atoms with Gasteiger partial charge in [0, 0.05) is 17.6 Å². The molecule has 2 aromatic rings. The number of nitrogens with zero attached hydrogens (tertiary/aromatic N) is 1. The minimum absolute atomic E-state index is 0.0312. The summed E-state index contributed by atoms with van der Waals surface area (Å²) in [6.07, 6.45) is 0.812. The maximum absolute atomic E-state index is 13.1. The second-order valence-corrected chi connectivity index (χ2v) is 8.07. The fourth-order valence-electron chi connectivity index (χ4n) is 3.04. The molecule has 0 fully saturated rings. The molecule has 5 nitrogen and oxygen atoms in total. The standard InChI is InChI=1S/C24H31ClN2O3/c1-6-18(4)26-24(29)19(5)27(14-20-9-7-8-10-21(20)25)23(28)15-30-22-12-11-16(2)13-17(22)3/h7-13,18-19H,6,14-15H2,1-5H3,(H,26,29)/t18-,19+/m0/s1. The minimum atomic E-state index is -0.662. The van der Waals surface area contributed by atoms with Gasteiger partial charge < -0.3 is 15.0 Å². The Morgan fingerprint density at radius 1 is 1.13 bits per heavy atom. The molecule has 0 unspecified atom stereocenters. The quantitative estimate of drug-likeness (QED) is 0.629. The van der Waals surface area contributed by atoms with Crippen molar-refractivity contribution in [3.63, 3.8) is 0 Å². The highest BCUT2D eigenvalue weighted by Gasteiger charge is 2.27. The van der Waals surface area contributed by atoms with E-state index in [1.807, 2.05) is 64.1 Å². The molecular weight excluding hydrogens is 400 g/mol. The Labute approximate surface area is 184 Å². The summed E-state index contributed by atoms with van der Waals surface area (Å²) in [6, 6.07) is 12.5. The van der Waals surface area contributed by atoms with Crippen LogP contribution < -0.4 is 10.1 Å². The maximum Gasteiger partial charge on any atom is 0.261 e. The van der Waals surface area contributed by atoms with Crippen LogP contribution in [0.5, 0.6) is 5.75 Å². The van der Waals surface area contributed by atoms with Gasteiger partial charge in [0.05, 0.1) is 0 Å². The van der Waals surface area contributed by atoms with E-state index in [0.29, 0.717) is 10.8 Å². The second kappa shape index (κ2) is 11.0. The Morgan fingerprint density at radius 2 is 1.83 bits per heavy atom. The van der Waals surface area contributed by atoms with Gasteiger partial charge in [0.1, 0.15) is 11.8 Å². The smallest absolute Gasteiger partial charge is 0.261 e. The topological polar surface area (TPSA) is 58.6 Å². The van der Waals surface area contributed by atoms with Crippen LogP contribution in [0.3, 0.4) is 0 Å². The SMILES string of the molecule is CC[C@H](C)NC(=O)[C@@H](C)N(Cc1ccccc1Cl)C(=O)COc1ccc(C)cc1C. The number of benzene rings is 2. The third-order valence-corrected chi connectivity index (χ3v) is 5.52. The predicted molar refractivity (Wildman–Crippen MR) is 121 cm³/mol. The van der Waals surface area contributed by atoms with E-state index in [2.05, 4.69) is 5.32 Å². The van der Waals surface area contributed by atoms with E-state index in [1.165, 1.54) is 4.90 Å². The zero-order chi connectivity index (χ0) is 22.3. The van der Waals surface area contributed by atoms with Crippen molar-refractivity contribution in [1.82, 2.24) is 10.2 Å². The number of carbonyl (C=O) groups is 2. The van der Waals surface area contributed by atoms with E-state index < -0.39 is 6.04 Å². The van der Waals surface area contributed by atoms with Crippen LogP contribution in [0.15, 0.2) is 42.5 Å². The summed E-state index contributed by atoms with van der Waals surface area (Å²) < 4.78 is 5.78. The van der Waals surface area contributed by atoms with Gasteiger partial charge in [-0.15, -0.1) is 0 Å². The molecule has 0 aliphatic heterocycles. The third kappa shape index (κ3) is 6.49. The molecule has 2 aromatic carbocycles. The summed E-state index contributed by atoms with van der Waals surface area (Å²) in [5.74, 6) is 0.182. The van der Waals surface area contributed by atoms with E-state index in [4.69, 9.17) is 16.3 Å². The summed E-state index contributed by atoms with van der Waals surface area (Å²) in [4.78, 5) is 27.3. The summed E-state index contributed by atoms with van der Waals surface area (Å²) in [5.41, 5.74) is 2.87. The molecule has 162 valence electrons. The predicted octanol–water partition coefficient (Wildman–Crippen LogP) is 4.67. The molecule has 2 rings (SSSR count). The van der Waals surface area contributed by atoms with Crippen molar-refractivity contribution in [3.8, 4) is 5.75 Å². The van der Waals surface area contributed by atoms with Crippen molar-refractivity contribution in [1.29, 1.82) is 0 Å². The molecule has 0 heterocycles. The Kier molecular flexibility index (Phi) is 8.72. The molecule has 2 atom stereocenters. The Balaban J connectivity index is 2.19. The largest absolute Gasteiger partial charge is 0.483 e. The van der Waals surface area contributed by atoms with Gasteiger partial charge in [-0.2, -0.15) is 0 Å². The van der Waals surface area contributed by atoms with Crippen molar-refractivity contribution < 1.29 is 14.3 Å². The normalized spacial score (nSPS) is 12.7. The Bertz CT molecular complexity index is 885. The third-order valence-electron chi connectivity index (χ3n) is 5.15. The minimum Gasteiger partial charge on any atom is -0.483 e. The Morgan fingerprint density at radius 3 is 2.47 bits per heavy atom. The molecule has 2 amide bonds. The molecule has 0 saturated heterocycles. The van der Waals surface area contributed by atoms with Gasteiger partial charge in [-0.1, -0.05) is 54.4 Å². The zero-order valence-corrected chi connectivity index (χ0v) is 19.1. The first-order valence-electron chi connectivity index (χ1n) is 10.3. The van der Waals surface area contributed by atoms with E-state index in [0.717, 1.165) is 23.1 Å². The molecule has 0 saturated carbocycles. The van der Waals surface area contributed by atoms with Crippen molar-refractivity contribution >= 4 is 23.4 Å². The first kappa shape index (κ1) is 23.7. The molecule has 1 N–H and O–H groups in total. The van der Waals surface area contributed by atoms with Crippen LogP contribution in [-0.2, 0) is 16.1 Å². The number of ether oxygens (including phenoxy) is 1. The molecule has 30 heavy (non-hydrogen) atoms. The van der Waals surface area contributed by atoms with Gasteiger partial charge in [-0.3, -0.25) is 9.59 Å². The number of rotatable bonds is 9. The van der Waals surface area contributed by atoms with Gasteiger partial charge >= 0.3 is 0 Å². The van der Waals surface area contributed by atoms with Gasteiger partial charge in [-0.25, -0.2) is 0 Å². The lowest BCUT2D eigenvalue weighted by atomic mass is 10.1. The molecule has 6 heteroatoms. The van der Waals surface area contributed by atoms with Crippen LogP contribution in [0.4, 0.5) is 0 Å². The highest BCUT2D eigenvalue weighted by Crippen LogP contribution is 2.21. The summed E-state index contributed by atoms with van der Waals surface area (Å²) >= 11 is 6.30. The van der Waals surface area contributed by atoms with E-state index in [9.17, 15) is 9.59 Å². The van der Waals surface area contributed by atoms with Crippen LogP contribution >= 0.6 is 11.6 Å². The summed E-state index contributed by atoms with van der Waals surface area (Å²) in [7, 11) is 0. The molecule has 0 aliphatic carbocycles. The van der Waals surface area contributed by atoms with Gasteiger partial charge in [-0.05, 0) is 57.4 Å². The molecule has 0 radical (unpaired) electrons. The Hall–Kier alpha value is -2.53. The lowest BCUT2D eigenvalue weighted by Crippen LogP contribution is -2.50. The van der Waals surface area contributed by atoms with Crippen LogP contribution in [0, 0.1) is 13.8 Å². The fourth-order valence-corrected chi connectivity index (χ4v) is 3.24. The van der Waals surface area contributed by atoms with Crippen LogP contribution in [0.1, 0.15) is 43.9 Å². The molecule has 0 bridgehead atoms. The highest BCUT2D eigenvalue weighted by molar-refractivity contribution is 6.31. The number of aryl methyl sites for hydroxylation is 2.